The summed E-state index contributed by atoms with van der Waals surface area (Å²) in [5.74, 6) is 1.33. The number of rotatable bonds is 12. The molecule has 7 nitrogen and oxygen atoms in total. The minimum atomic E-state index is -0.330. The number of nitrogens with zero attached hydrogens (tertiary/aromatic N) is 3. The van der Waals surface area contributed by atoms with Crippen LogP contribution < -0.4 is 9.64 Å². The van der Waals surface area contributed by atoms with E-state index in [-0.39, 0.29) is 23.5 Å². The monoisotopic (exact) mass is 563 g/mol. The number of ether oxygens (including phenoxy) is 1. The van der Waals surface area contributed by atoms with Gasteiger partial charge in [0, 0.05) is 44.2 Å². The Balaban J connectivity index is 1.12. The number of benzene rings is 2. The molecule has 1 atom stereocenters. The first kappa shape index (κ1) is 29.2. The van der Waals surface area contributed by atoms with E-state index in [9.17, 15) is 14.0 Å². The van der Waals surface area contributed by atoms with Crippen LogP contribution in [-0.2, 0) is 4.79 Å². The van der Waals surface area contributed by atoms with E-state index in [0.29, 0.717) is 29.2 Å². The van der Waals surface area contributed by atoms with Crippen LogP contribution in [-0.4, -0.2) is 54.5 Å². The van der Waals surface area contributed by atoms with Crippen molar-refractivity contribution in [3.05, 3.63) is 53.8 Å². The molecule has 2 fully saturated rings. The Morgan fingerprint density at radius 2 is 1.78 bits per heavy atom. The van der Waals surface area contributed by atoms with Crippen LogP contribution in [0.1, 0.15) is 81.5 Å². The maximum absolute atomic E-state index is 13.2. The number of ketones is 1. The fourth-order valence-electron chi connectivity index (χ4n) is 6.32. The topological polar surface area (TPSA) is 75.9 Å². The molecule has 220 valence electrons. The summed E-state index contributed by atoms with van der Waals surface area (Å²) in [5, 5.41) is 5.27. The third kappa shape index (κ3) is 7.53. The number of anilines is 1. The summed E-state index contributed by atoms with van der Waals surface area (Å²) in [6.45, 7) is 6.37. The zero-order valence-corrected chi connectivity index (χ0v) is 24.2. The second-order valence-corrected chi connectivity index (χ2v) is 11.6. The van der Waals surface area contributed by atoms with E-state index in [1.165, 1.54) is 31.4 Å². The summed E-state index contributed by atoms with van der Waals surface area (Å²) in [5.41, 5.74) is 1.18. The first-order valence-electron chi connectivity index (χ1n) is 15.4. The third-order valence-electron chi connectivity index (χ3n) is 8.75. The average molecular weight is 564 g/mol. The number of esters is 1. The van der Waals surface area contributed by atoms with Crippen molar-refractivity contribution in [2.75, 3.05) is 37.6 Å². The second-order valence-electron chi connectivity index (χ2n) is 11.6. The van der Waals surface area contributed by atoms with E-state index in [2.05, 4.69) is 21.9 Å². The molecule has 0 amide bonds. The summed E-state index contributed by atoms with van der Waals surface area (Å²) in [6.07, 6.45) is 10.2. The van der Waals surface area contributed by atoms with Gasteiger partial charge in [0.15, 0.2) is 17.2 Å². The maximum atomic E-state index is 13.2. The van der Waals surface area contributed by atoms with Gasteiger partial charge in [-0.3, -0.25) is 14.5 Å². The fraction of sp³-hybridized carbons (Fsp3) is 0.545. The number of carbonyl (C=O) groups excluding carboxylic acids is 2. The number of Topliss-reactive ketones (excluding diaryl/α,β-unsaturated/α-hetero) is 1. The summed E-state index contributed by atoms with van der Waals surface area (Å²) in [4.78, 5) is 30.2. The van der Waals surface area contributed by atoms with Crippen molar-refractivity contribution >= 4 is 28.5 Å². The highest BCUT2D eigenvalue weighted by molar-refractivity contribution is 5.96. The first-order valence-corrected chi connectivity index (χ1v) is 15.4. The number of aromatic nitrogens is 1. The van der Waals surface area contributed by atoms with Gasteiger partial charge in [-0.05, 0) is 74.5 Å². The molecule has 1 unspecified atom stereocenters. The lowest BCUT2D eigenvalue weighted by Gasteiger charge is -2.34. The summed E-state index contributed by atoms with van der Waals surface area (Å²) in [7, 11) is 0. The second kappa shape index (κ2) is 14.1. The molecule has 1 aliphatic carbocycles. The number of hydrogen-bond donors (Lipinski definition) is 0. The number of halogens is 1. The molecule has 0 N–H and O–H groups in total. The van der Waals surface area contributed by atoms with Crippen molar-refractivity contribution in [2.45, 2.75) is 71.1 Å². The molecule has 0 radical (unpaired) electrons. The summed E-state index contributed by atoms with van der Waals surface area (Å²) in [6, 6.07) is 11.3. The first-order chi connectivity index (χ1) is 20.0. The predicted octanol–water partition coefficient (Wildman–Crippen LogP) is 7.04. The highest BCUT2D eigenvalue weighted by Gasteiger charge is 2.31. The van der Waals surface area contributed by atoms with E-state index in [4.69, 9.17) is 9.26 Å². The predicted molar refractivity (Wildman–Crippen MR) is 158 cm³/mol. The zero-order chi connectivity index (χ0) is 28.6. The van der Waals surface area contributed by atoms with Gasteiger partial charge in [0.05, 0.1) is 11.3 Å². The van der Waals surface area contributed by atoms with Crippen molar-refractivity contribution in [1.29, 1.82) is 0 Å². The van der Waals surface area contributed by atoms with Crippen molar-refractivity contribution in [3.8, 4) is 5.75 Å². The van der Waals surface area contributed by atoms with Gasteiger partial charge in [0.1, 0.15) is 11.6 Å². The molecular formula is C33H42FN3O4. The molecule has 1 aromatic heterocycles. The highest BCUT2D eigenvalue weighted by Crippen LogP contribution is 2.35. The van der Waals surface area contributed by atoms with Gasteiger partial charge in [-0.25, -0.2) is 4.39 Å². The Bertz CT molecular complexity index is 1290. The normalized spacial score (nSPS) is 17.6. The van der Waals surface area contributed by atoms with Crippen molar-refractivity contribution in [2.24, 2.45) is 11.8 Å². The SMILES string of the molecule is CCCCC(C(=O)Oc1ccc2c(N3CCN(CCCC(=O)c4ccc(F)cc4)CC3)noc2c1)C1CCCCC1. The summed E-state index contributed by atoms with van der Waals surface area (Å²) < 4.78 is 24.7. The van der Waals surface area contributed by atoms with Gasteiger partial charge >= 0.3 is 5.97 Å². The molecule has 1 saturated heterocycles. The highest BCUT2D eigenvalue weighted by atomic mass is 19.1. The molecule has 0 spiro atoms. The molecule has 1 aliphatic heterocycles. The van der Waals surface area contributed by atoms with Gasteiger partial charge in [-0.15, -0.1) is 0 Å². The van der Waals surface area contributed by atoms with Crippen LogP contribution in [0.25, 0.3) is 11.0 Å². The van der Waals surface area contributed by atoms with E-state index in [1.54, 1.807) is 18.2 Å². The number of unbranched alkanes of at least 4 members (excludes halogenated alkanes) is 1. The van der Waals surface area contributed by atoms with Crippen molar-refractivity contribution < 1.29 is 23.2 Å². The molecule has 5 rings (SSSR count). The van der Waals surface area contributed by atoms with Gasteiger partial charge in [-0.1, -0.05) is 44.2 Å². The number of fused-ring (bicyclic) bond motifs is 1. The quantitative estimate of drug-likeness (QED) is 0.133. The smallest absolute Gasteiger partial charge is 0.314 e. The zero-order valence-electron chi connectivity index (χ0n) is 24.2. The molecule has 2 aliphatic rings. The third-order valence-corrected chi connectivity index (χ3v) is 8.75. The molecule has 0 bridgehead atoms. The standard InChI is InChI=1S/C33H42FN3O4/c1-2-3-10-28(24-8-5-4-6-9-24)33(39)40-27-16-17-29-31(23-27)41-35-32(29)37-21-19-36(20-22-37)18-7-11-30(38)25-12-14-26(34)15-13-25/h12-17,23-24,28H,2-11,18-22H2,1H3. The fourth-order valence-corrected chi connectivity index (χ4v) is 6.32. The van der Waals surface area contributed by atoms with Gasteiger partial charge in [-0.2, -0.15) is 0 Å². The Labute approximate surface area is 242 Å². The number of hydrogen-bond acceptors (Lipinski definition) is 7. The van der Waals surface area contributed by atoms with Crippen LogP contribution >= 0.6 is 0 Å². The van der Waals surface area contributed by atoms with Crippen LogP contribution in [0.5, 0.6) is 5.75 Å². The van der Waals surface area contributed by atoms with Crippen LogP contribution in [0.2, 0.25) is 0 Å². The van der Waals surface area contributed by atoms with Crippen LogP contribution in [0.3, 0.4) is 0 Å². The Kier molecular flexibility index (Phi) is 10.0. The molecule has 3 aromatic rings. The van der Waals surface area contributed by atoms with E-state index < -0.39 is 0 Å². The average Bonchev–Trinajstić information content (AvgIpc) is 3.42. The van der Waals surface area contributed by atoms with Crippen LogP contribution in [0, 0.1) is 17.7 Å². The molecule has 1 saturated carbocycles. The number of piperazine rings is 1. The minimum Gasteiger partial charge on any atom is -0.426 e. The minimum absolute atomic E-state index is 0.0337. The molecule has 8 heteroatoms. The largest absolute Gasteiger partial charge is 0.426 e. The van der Waals surface area contributed by atoms with Crippen LogP contribution in [0.4, 0.5) is 10.2 Å². The maximum Gasteiger partial charge on any atom is 0.314 e. The molecule has 2 heterocycles. The number of carbonyl (C=O) groups is 2. The van der Waals surface area contributed by atoms with Gasteiger partial charge in [0.25, 0.3) is 0 Å². The van der Waals surface area contributed by atoms with E-state index >= 15 is 0 Å². The van der Waals surface area contributed by atoms with E-state index in [0.717, 1.165) is 82.5 Å². The summed E-state index contributed by atoms with van der Waals surface area (Å²) >= 11 is 0. The van der Waals surface area contributed by atoms with Crippen LogP contribution in [0.15, 0.2) is 47.0 Å². The molecule has 41 heavy (non-hydrogen) atoms. The lowest BCUT2D eigenvalue weighted by Crippen LogP contribution is -2.46. The Morgan fingerprint density at radius 3 is 2.51 bits per heavy atom. The van der Waals surface area contributed by atoms with Crippen molar-refractivity contribution in [3.63, 3.8) is 0 Å². The van der Waals surface area contributed by atoms with E-state index in [1.807, 2.05) is 12.1 Å². The van der Waals surface area contributed by atoms with Gasteiger partial charge in [0.2, 0.25) is 0 Å². The molecular weight excluding hydrogens is 521 g/mol. The molecule has 2 aromatic carbocycles. The Morgan fingerprint density at radius 1 is 1.02 bits per heavy atom. The van der Waals surface area contributed by atoms with Gasteiger partial charge < -0.3 is 14.2 Å². The Hall–Kier alpha value is -3.26. The lowest BCUT2D eigenvalue weighted by atomic mass is 9.78. The lowest BCUT2D eigenvalue weighted by molar-refractivity contribution is -0.141. The van der Waals surface area contributed by atoms with Crippen molar-refractivity contribution in [1.82, 2.24) is 10.1 Å².